The van der Waals surface area contributed by atoms with Crippen LogP contribution < -0.4 is 10.1 Å². The highest BCUT2D eigenvalue weighted by Crippen LogP contribution is 2.24. The summed E-state index contributed by atoms with van der Waals surface area (Å²) in [6.45, 7) is 1.60. The number of hydrogen-bond donors (Lipinski definition) is 1. The van der Waals surface area contributed by atoms with Gasteiger partial charge in [-0.3, -0.25) is 9.78 Å². The minimum atomic E-state index is -0.820. The zero-order chi connectivity index (χ0) is 23.5. The summed E-state index contributed by atoms with van der Waals surface area (Å²) in [7, 11) is 0. The van der Waals surface area contributed by atoms with Crippen molar-refractivity contribution in [1.29, 1.82) is 0 Å². The molecule has 3 aromatic heterocycles. The van der Waals surface area contributed by atoms with Gasteiger partial charge in [-0.15, -0.1) is 10.2 Å². The van der Waals surface area contributed by atoms with Gasteiger partial charge in [0.2, 0.25) is 0 Å². The van der Waals surface area contributed by atoms with E-state index in [1.807, 2.05) is 42.5 Å². The average Bonchev–Trinajstić information content (AvgIpc) is 3.28. The Bertz CT molecular complexity index is 1470. The summed E-state index contributed by atoms with van der Waals surface area (Å²) in [4.78, 5) is 16.7. The van der Waals surface area contributed by atoms with Crippen LogP contribution in [0.1, 0.15) is 6.92 Å². The van der Waals surface area contributed by atoms with Gasteiger partial charge in [0, 0.05) is 35.3 Å². The number of pyridine rings is 1. The van der Waals surface area contributed by atoms with Crippen molar-refractivity contribution >= 4 is 17.2 Å². The molecule has 0 saturated heterocycles. The number of nitrogens with zero attached hydrogens (tertiary/aromatic N) is 5. The van der Waals surface area contributed by atoms with Crippen LogP contribution in [-0.4, -0.2) is 36.8 Å². The number of fused-ring (bicyclic) bond motifs is 1. The lowest BCUT2D eigenvalue weighted by Crippen LogP contribution is -2.30. The molecular weight excluding hydrogens is 435 g/mol. The average molecular weight is 454 g/mol. The summed E-state index contributed by atoms with van der Waals surface area (Å²) >= 11 is 0. The highest BCUT2D eigenvalue weighted by atomic mass is 19.1. The lowest BCUT2D eigenvalue weighted by atomic mass is 10.1. The number of benzene rings is 2. The third kappa shape index (κ3) is 4.44. The molecule has 0 aliphatic heterocycles. The molecule has 1 N–H and O–H groups in total. The monoisotopic (exact) mass is 454 g/mol. The fraction of sp³-hybridized carbons (Fsp3) is 0.0800. The van der Waals surface area contributed by atoms with E-state index in [1.54, 1.807) is 36.0 Å². The van der Waals surface area contributed by atoms with Gasteiger partial charge in [-0.2, -0.15) is 9.61 Å². The maximum absolute atomic E-state index is 13.4. The molecule has 0 saturated carbocycles. The summed E-state index contributed by atoms with van der Waals surface area (Å²) in [6.07, 6.45) is 2.55. The third-order valence-corrected chi connectivity index (χ3v) is 5.11. The number of ether oxygens (including phenoxy) is 1. The van der Waals surface area contributed by atoms with Gasteiger partial charge in [0.1, 0.15) is 11.6 Å². The number of halogens is 1. The Morgan fingerprint density at radius 3 is 2.62 bits per heavy atom. The first-order valence-corrected chi connectivity index (χ1v) is 10.5. The maximum Gasteiger partial charge on any atom is 0.265 e. The standard InChI is InChI=1S/C25H19FN6O2/c1-16(34-21-7-3-5-19(26)15-21)25(33)28-20-6-2-4-18(14-20)22-8-9-23-29-30-24(32(23)31-22)17-10-12-27-13-11-17/h2-16H,1H3,(H,28,33). The van der Waals surface area contributed by atoms with Crippen molar-refractivity contribution in [2.75, 3.05) is 5.32 Å². The molecule has 0 aliphatic carbocycles. The molecule has 168 valence electrons. The van der Waals surface area contributed by atoms with E-state index < -0.39 is 11.9 Å². The quantitative estimate of drug-likeness (QED) is 0.409. The second-order valence-electron chi connectivity index (χ2n) is 7.54. The second kappa shape index (κ2) is 9.07. The smallest absolute Gasteiger partial charge is 0.265 e. The summed E-state index contributed by atoms with van der Waals surface area (Å²) in [6, 6.07) is 20.3. The Morgan fingerprint density at radius 1 is 0.971 bits per heavy atom. The number of anilines is 1. The van der Waals surface area contributed by atoms with Gasteiger partial charge in [0.25, 0.3) is 5.91 Å². The molecule has 2 aromatic carbocycles. The first-order valence-electron chi connectivity index (χ1n) is 10.5. The molecule has 8 nitrogen and oxygen atoms in total. The van der Waals surface area contributed by atoms with Crippen LogP contribution in [0.5, 0.6) is 5.75 Å². The number of aromatic nitrogens is 5. The first kappa shape index (κ1) is 21.2. The molecule has 3 heterocycles. The van der Waals surface area contributed by atoms with Gasteiger partial charge in [0.05, 0.1) is 5.69 Å². The predicted octanol–water partition coefficient (Wildman–Crippen LogP) is 4.40. The van der Waals surface area contributed by atoms with Gasteiger partial charge in [0.15, 0.2) is 17.6 Å². The van der Waals surface area contributed by atoms with Crippen molar-refractivity contribution in [2.24, 2.45) is 0 Å². The minimum absolute atomic E-state index is 0.285. The lowest BCUT2D eigenvalue weighted by Gasteiger charge is -2.15. The summed E-state index contributed by atoms with van der Waals surface area (Å²) in [5.74, 6) is 0.103. The van der Waals surface area contributed by atoms with E-state index in [0.29, 0.717) is 22.9 Å². The number of nitrogens with one attached hydrogen (secondary N) is 1. The normalized spacial score (nSPS) is 11.8. The second-order valence-corrected chi connectivity index (χ2v) is 7.54. The highest BCUT2D eigenvalue weighted by Gasteiger charge is 2.16. The predicted molar refractivity (Wildman–Crippen MR) is 125 cm³/mol. The number of carbonyl (C=O) groups excluding carboxylic acids is 1. The van der Waals surface area contributed by atoms with Crippen LogP contribution >= 0.6 is 0 Å². The van der Waals surface area contributed by atoms with E-state index in [-0.39, 0.29) is 11.7 Å². The van der Waals surface area contributed by atoms with Gasteiger partial charge >= 0.3 is 0 Å². The number of rotatable bonds is 6. The minimum Gasteiger partial charge on any atom is -0.481 e. The van der Waals surface area contributed by atoms with E-state index in [2.05, 4.69) is 20.5 Å². The van der Waals surface area contributed by atoms with E-state index in [1.165, 1.54) is 18.2 Å². The van der Waals surface area contributed by atoms with Crippen LogP contribution in [0.25, 0.3) is 28.3 Å². The van der Waals surface area contributed by atoms with Gasteiger partial charge in [-0.25, -0.2) is 4.39 Å². The fourth-order valence-electron chi connectivity index (χ4n) is 3.42. The highest BCUT2D eigenvalue weighted by molar-refractivity contribution is 5.94. The summed E-state index contributed by atoms with van der Waals surface area (Å²) in [5.41, 5.74) is 3.52. The topological polar surface area (TPSA) is 94.3 Å². The molecule has 0 aliphatic rings. The van der Waals surface area contributed by atoms with Crippen molar-refractivity contribution in [1.82, 2.24) is 24.8 Å². The first-order chi connectivity index (χ1) is 16.6. The number of amides is 1. The fourth-order valence-corrected chi connectivity index (χ4v) is 3.42. The van der Waals surface area contributed by atoms with E-state index in [9.17, 15) is 9.18 Å². The molecule has 5 aromatic rings. The molecule has 0 fully saturated rings. The van der Waals surface area contributed by atoms with Crippen LogP contribution in [0.4, 0.5) is 10.1 Å². The zero-order valence-electron chi connectivity index (χ0n) is 18.1. The molecule has 5 rings (SSSR count). The number of carbonyl (C=O) groups is 1. The van der Waals surface area contributed by atoms with Crippen LogP contribution in [-0.2, 0) is 4.79 Å². The van der Waals surface area contributed by atoms with E-state index in [0.717, 1.165) is 11.1 Å². The molecule has 1 unspecified atom stereocenters. The van der Waals surface area contributed by atoms with Crippen molar-refractivity contribution in [3.63, 3.8) is 0 Å². The molecule has 1 atom stereocenters. The van der Waals surface area contributed by atoms with Gasteiger partial charge in [-0.05, 0) is 55.5 Å². The third-order valence-electron chi connectivity index (χ3n) is 5.11. The molecule has 1 amide bonds. The van der Waals surface area contributed by atoms with Crippen LogP contribution in [0, 0.1) is 5.82 Å². The Morgan fingerprint density at radius 2 is 1.79 bits per heavy atom. The van der Waals surface area contributed by atoms with Crippen LogP contribution in [0.15, 0.2) is 85.2 Å². The Balaban J connectivity index is 1.37. The molecule has 34 heavy (non-hydrogen) atoms. The van der Waals surface area contributed by atoms with Crippen LogP contribution in [0.2, 0.25) is 0 Å². The molecule has 0 bridgehead atoms. The largest absolute Gasteiger partial charge is 0.481 e. The number of hydrogen-bond acceptors (Lipinski definition) is 6. The zero-order valence-corrected chi connectivity index (χ0v) is 18.1. The van der Waals surface area contributed by atoms with Crippen molar-refractivity contribution in [2.45, 2.75) is 13.0 Å². The molecule has 9 heteroatoms. The SMILES string of the molecule is CC(Oc1cccc(F)c1)C(=O)Nc1cccc(-c2ccc3nnc(-c4ccncc4)n3n2)c1. The molecule has 0 spiro atoms. The van der Waals surface area contributed by atoms with Gasteiger partial charge < -0.3 is 10.1 Å². The van der Waals surface area contributed by atoms with Gasteiger partial charge in [-0.1, -0.05) is 18.2 Å². The van der Waals surface area contributed by atoms with Crippen molar-refractivity contribution < 1.29 is 13.9 Å². The van der Waals surface area contributed by atoms with E-state index >= 15 is 0 Å². The van der Waals surface area contributed by atoms with Crippen molar-refractivity contribution in [3.05, 3.63) is 91.0 Å². The summed E-state index contributed by atoms with van der Waals surface area (Å²) < 4.78 is 20.6. The Hall–Kier alpha value is -4.66. The van der Waals surface area contributed by atoms with E-state index in [4.69, 9.17) is 9.84 Å². The Labute approximate surface area is 194 Å². The Kier molecular flexibility index (Phi) is 5.65. The summed E-state index contributed by atoms with van der Waals surface area (Å²) in [5, 5.41) is 16.0. The lowest BCUT2D eigenvalue weighted by molar-refractivity contribution is -0.122. The maximum atomic E-state index is 13.4. The molecular formula is C25H19FN6O2. The van der Waals surface area contributed by atoms with Crippen molar-refractivity contribution in [3.8, 4) is 28.4 Å². The molecule has 0 radical (unpaired) electrons. The van der Waals surface area contributed by atoms with Crippen LogP contribution in [0.3, 0.4) is 0 Å².